The van der Waals surface area contributed by atoms with Gasteiger partial charge in [0.1, 0.15) is 0 Å². The van der Waals surface area contributed by atoms with Gasteiger partial charge in [0, 0.05) is 13.1 Å². The fourth-order valence-electron chi connectivity index (χ4n) is 2.40. The van der Waals surface area contributed by atoms with Crippen molar-refractivity contribution in [3.8, 4) is 0 Å². The molecule has 0 aromatic carbocycles. The maximum absolute atomic E-state index is 5.81. The molecule has 0 aliphatic heterocycles. The highest BCUT2D eigenvalue weighted by molar-refractivity contribution is 5.77. The molecule has 1 rings (SSSR count). The predicted molar refractivity (Wildman–Crippen MR) is 70.5 cm³/mol. The molecule has 0 spiro atoms. The van der Waals surface area contributed by atoms with E-state index in [0.717, 1.165) is 31.3 Å². The zero-order valence-electron chi connectivity index (χ0n) is 10.8. The van der Waals surface area contributed by atoms with Gasteiger partial charge in [-0.2, -0.15) is 0 Å². The number of guanidine groups is 1. The highest BCUT2D eigenvalue weighted by Gasteiger charge is 2.18. The van der Waals surface area contributed by atoms with Crippen LogP contribution >= 0.6 is 0 Å². The Balaban J connectivity index is 2.18. The van der Waals surface area contributed by atoms with Crippen molar-refractivity contribution in [3.63, 3.8) is 0 Å². The van der Waals surface area contributed by atoms with Crippen molar-refractivity contribution in [3.05, 3.63) is 0 Å². The number of rotatable bonds is 5. The van der Waals surface area contributed by atoms with E-state index in [0.29, 0.717) is 5.96 Å². The van der Waals surface area contributed by atoms with Crippen LogP contribution in [0, 0.1) is 11.8 Å². The average molecular weight is 225 g/mol. The minimum Gasteiger partial charge on any atom is -0.370 e. The summed E-state index contributed by atoms with van der Waals surface area (Å²) in [5.74, 6) is 2.27. The Hall–Kier alpha value is -0.730. The summed E-state index contributed by atoms with van der Waals surface area (Å²) < 4.78 is 0. The van der Waals surface area contributed by atoms with E-state index >= 15 is 0 Å². The molecular weight excluding hydrogens is 198 g/mol. The third-order valence-electron chi connectivity index (χ3n) is 3.40. The number of nitrogens with zero attached hydrogens (tertiary/aromatic N) is 1. The number of hydrogen-bond donors (Lipinski definition) is 2. The van der Waals surface area contributed by atoms with E-state index in [9.17, 15) is 0 Å². The Morgan fingerprint density at radius 3 is 2.94 bits per heavy atom. The SMILES string of the molecule is CCCCNC(N)=NCC1CCCC(C)C1. The Kier molecular flexibility index (Phi) is 6.27. The first kappa shape index (κ1) is 13.3. The highest BCUT2D eigenvalue weighted by Crippen LogP contribution is 2.28. The van der Waals surface area contributed by atoms with Crippen LogP contribution in [-0.2, 0) is 0 Å². The van der Waals surface area contributed by atoms with E-state index < -0.39 is 0 Å². The third-order valence-corrected chi connectivity index (χ3v) is 3.40. The Morgan fingerprint density at radius 1 is 1.44 bits per heavy atom. The van der Waals surface area contributed by atoms with Gasteiger partial charge >= 0.3 is 0 Å². The third kappa shape index (κ3) is 5.38. The van der Waals surface area contributed by atoms with Crippen molar-refractivity contribution in [1.29, 1.82) is 0 Å². The summed E-state index contributed by atoms with van der Waals surface area (Å²) in [7, 11) is 0. The first-order valence-corrected chi connectivity index (χ1v) is 6.76. The molecular formula is C13H27N3. The molecule has 16 heavy (non-hydrogen) atoms. The van der Waals surface area contributed by atoms with E-state index in [1.165, 1.54) is 32.1 Å². The standard InChI is InChI=1S/C13H27N3/c1-3-4-8-15-13(14)16-10-12-7-5-6-11(2)9-12/h11-12H,3-10H2,1-2H3,(H3,14,15,16). The minimum atomic E-state index is 0.631. The highest BCUT2D eigenvalue weighted by atomic mass is 15.1. The molecule has 0 aromatic heterocycles. The molecule has 94 valence electrons. The van der Waals surface area contributed by atoms with Gasteiger partial charge < -0.3 is 11.1 Å². The molecule has 3 N–H and O–H groups in total. The number of unbranched alkanes of at least 4 members (excludes halogenated alkanes) is 1. The molecule has 2 atom stereocenters. The van der Waals surface area contributed by atoms with Gasteiger partial charge in [0.05, 0.1) is 0 Å². The number of hydrogen-bond acceptors (Lipinski definition) is 1. The van der Waals surface area contributed by atoms with Crippen molar-refractivity contribution < 1.29 is 0 Å². The van der Waals surface area contributed by atoms with Crippen molar-refractivity contribution in [2.75, 3.05) is 13.1 Å². The molecule has 0 saturated heterocycles. The van der Waals surface area contributed by atoms with Gasteiger partial charge in [0.15, 0.2) is 5.96 Å². The van der Waals surface area contributed by atoms with E-state index in [4.69, 9.17) is 5.73 Å². The molecule has 1 aliphatic carbocycles. The van der Waals surface area contributed by atoms with Gasteiger partial charge in [0.2, 0.25) is 0 Å². The quantitative estimate of drug-likeness (QED) is 0.429. The van der Waals surface area contributed by atoms with Gasteiger partial charge in [0.25, 0.3) is 0 Å². The van der Waals surface area contributed by atoms with Crippen LogP contribution in [-0.4, -0.2) is 19.0 Å². The average Bonchev–Trinajstić information content (AvgIpc) is 2.27. The number of nitrogens with one attached hydrogen (secondary N) is 1. The molecule has 0 amide bonds. The largest absolute Gasteiger partial charge is 0.370 e. The second-order valence-electron chi connectivity index (χ2n) is 5.14. The summed E-state index contributed by atoms with van der Waals surface area (Å²) in [4.78, 5) is 4.44. The molecule has 1 saturated carbocycles. The van der Waals surface area contributed by atoms with Crippen molar-refractivity contribution in [2.45, 2.75) is 52.4 Å². The van der Waals surface area contributed by atoms with E-state index in [2.05, 4.69) is 24.2 Å². The molecule has 1 aliphatic rings. The lowest BCUT2D eigenvalue weighted by molar-refractivity contribution is 0.289. The lowest BCUT2D eigenvalue weighted by atomic mass is 9.82. The zero-order chi connectivity index (χ0) is 11.8. The van der Waals surface area contributed by atoms with Crippen LogP contribution in [0.25, 0.3) is 0 Å². The normalized spacial score (nSPS) is 26.8. The second-order valence-corrected chi connectivity index (χ2v) is 5.14. The predicted octanol–water partition coefficient (Wildman–Crippen LogP) is 2.52. The van der Waals surface area contributed by atoms with Gasteiger partial charge in [-0.25, -0.2) is 0 Å². The monoisotopic (exact) mass is 225 g/mol. The first-order valence-electron chi connectivity index (χ1n) is 6.76. The summed E-state index contributed by atoms with van der Waals surface area (Å²) in [6.07, 6.45) is 7.77. The van der Waals surface area contributed by atoms with Crippen LogP contribution in [0.5, 0.6) is 0 Å². The lowest BCUT2D eigenvalue weighted by Gasteiger charge is -2.25. The Bertz CT molecular complexity index is 213. The smallest absolute Gasteiger partial charge is 0.188 e. The zero-order valence-corrected chi connectivity index (χ0v) is 10.8. The molecule has 0 bridgehead atoms. The Labute approximate surface area is 99.9 Å². The maximum Gasteiger partial charge on any atom is 0.188 e. The van der Waals surface area contributed by atoms with Crippen molar-refractivity contribution in [1.82, 2.24) is 5.32 Å². The van der Waals surface area contributed by atoms with E-state index in [1.54, 1.807) is 0 Å². The number of aliphatic imine (C=N–C) groups is 1. The van der Waals surface area contributed by atoms with Crippen LogP contribution in [0.4, 0.5) is 0 Å². The van der Waals surface area contributed by atoms with Crippen LogP contribution < -0.4 is 11.1 Å². The molecule has 0 aromatic rings. The fourth-order valence-corrected chi connectivity index (χ4v) is 2.40. The van der Waals surface area contributed by atoms with E-state index in [-0.39, 0.29) is 0 Å². The van der Waals surface area contributed by atoms with Gasteiger partial charge in [-0.05, 0) is 31.1 Å². The molecule has 3 nitrogen and oxygen atoms in total. The van der Waals surface area contributed by atoms with E-state index in [1.807, 2.05) is 0 Å². The summed E-state index contributed by atoms with van der Waals surface area (Å²) in [5.41, 5.74) is 5.81. The molecule has 0 radical (unpaired) electrons. The van der Waals surface area contributed by atoms with Crippen molar-refractivity contribution in [2.24, 2.45) is 22.6 Å². The summed E-state index contributed by atoms with van der Waals surface area (Å²) >= 11 is 0. The minimum absolute atomic E-state index is 0.631. The van der Waals surface area contributed by atoms with Gasteiger partial charge in [-0.1, -0.05) is 33.1 Å². The first-order chi connectivity index (χ1) is 7.72. The topological polar surface area (TPSA) is 50.4 Å². The molecule has 2 unspecified atom stereocenters. The van der Waals surface area contributed by atoms with Crippen LogP contribution in [0.2, 0.25) is 0 Å². The Morgan fingerprint density at radius 2 is 2.25 bits per heavy atom. The maximum atomic E-state index is 5.81. The number of nitrogens with two attached hydrogens (primary N) is 1. The van der Waals surface area contributed by atoms with Gasteiger partial charge in [-0.3, -0.25) is 4.99 Å². The fraction of sp³-hybridized carbons (Fsp3) is 0.923. The molecule has 3 heteroatoms. The van der Waals surface area contributed by atoms with Gasteiger partial charge in [-0.15, -0.1) is 0 Å². The second kappa shape index (κ2) is 7.53. The summed E-state index contributed by atoms with van der Waals surface area (Å²) in [6, 6.07) is 0. The van der Waals surface area contributed by atoms with Crippen LogP contribution in [0.1, 0.15) is 52.4 Å². The van der Waals surface area contributed by atoms with Crippen LogP contribution in [0.3, 0.4) is 0 Å². The molecule has 0 heterocycles. The summed E-state index contributed by atoms with van der Waals surface area (Å²) in [6.45, 7) is 6.39. The lowest BCUT2D eigenvalue weighted by Crippen LogP contribution is -2.33. The van der Waals surface area contributed by atoms with Crippen LogP contribution in [0.15, 0.2) is 4.99 Å². The molecule has 1 fully saturated rings. The van der Waals surface area contributed by atoms with Crippen molar-refractivity contribution >= 4 is 5.96 Å². The summed E-state index contributed by atoms with van der Waals surface area (Å²) in [5, 5.41) is 3.16.